The number of nitrogens with zero attached hydrogens (tertiary/aromatic N) is 3. The number of benzene rings is 1. The van der Waals surface area contributed by atoms with Crippen molar-refractivity contribution in [1.82, 2.24) is 14.5 Å². The zero-order valence-electron chi connectivity index (χ0n) is 11.3. The minimum Gasteiger partial charge on any atom is -0.387 e. The highest BCUT2D eigenvalue weighted by Gasteiger charge is 2.12. The summed E-state index contributed by atoms with van der Waals surface area (Å²) in [4.78, 5) is 6.53. The van der Waals surface area contributed by atoms with Crippen LogP contribution in [0.2, 0.25) is 0 Å². The molecule has 0 saturated carbocycles. The van der Waals surface area contributed by atoms with E-state index in [9.17, 15) is 5.11 Å². The normalized spacial score (nSPS) is 13.4. The van der Waals surface area contributed by atoms with Gasteiger partial charge in [-0.2, -0.15) is 0 Å². The molecule has 0 aliphatic heterocycles. The Morgan fingerprint density at radius 1 is 1.33 bits per heavy atom. The van der Waals surface area contributed by atoms with Gasteiger partial charge in [0.15, 0.2) is 0 Å². The van der Waals surface area contributed by atoms with Crippen LogP contribution in [0.15, 0.2) is 24.5 Å². The van der Waals surface area contributed by atoms with Crippen molar-refractivity contribution >= 4 is 11.0 Å². The van der Waals surface area contributed by atoms with Crippen LogP contribution in [0, 0.1) is 0 Å². The molecule has 2 rings (SSSR count). The maximum atomic E-state index is 10.2. The summed E-state index contributed by atoms with van der Waals surface area (Å²) in [6.07, 6.45) is 1.35. The topological polar surface area (TPSA) is 41.3 Å². The van der Waals surface area contributed by atoms with Gasteiger partial charge in [0, 0.05) is 13.6 Å². The van der Waals surface area contributed by atoms with Crippen LogP contribution in [0.4, 0.5) is 0 Å². The van der Waals surface area contributed by atoms with Gasteiger partial charge in [-0.25, -0.2) is 4.98 Å². The lowest BCUT2D eigenvalue weighted by Gasteiger charge is -2.22. The molecule has 0 saturated heterocycles. The number of aliphatic hydroxyl groups excluding tert-OH is 1. The summed E-state index contributed by atoms with van der Waals surface area (Å²) in [5.41, 5.74) is 2.97. The van der Waals surface area contributed by atoms with Crippen LogP contribution >= 0.6 is 0 Å². The summed E-state index contributed by atoms with van der Waals surface area (Å²) in [5, 5.41) is 10.2. The third-order valence-corrected chi connectivity index (χ3v) is 3.46. The zero-order chi connectivity index (χ0) is 13.1. The van der Waals surface area contributed by atoms with E-state index in [2.05, 4.69) is 23.7 Å². The maximum absolute atomic E-state index is 10.2. The number of imidazole rings is 1. The molecule has 1 unspecified atom stereocenters. The highest BCUT2D eigenvalue weighted by molar-refractivity contribution is 5.76. The Morgan fingerprint density at radius 2 is 2.06 bits per heavy atom. The second-order valence-electron chi connectivity index (χ2n) is 4.61. The van der Waals surface area contributed by atoms with E-state index in [1.165, 1.54) is 0 Å². The standard InChI is InChI=1S/C14H21N3O/c1-4-17(5-2)9-14(18)11-6-7-13-12(8-11)15-10-16(13)3/h6-8,10,14,18H,4-5,9H2,1-3H3. The Hall–Kier alpha value is -1.39. The average Bonchev–Trinajstić information content (AvgIpc) is 2.77. The van der Waals surface area contributed by atoms with Crippen LogP contribution < -0.4 is 0 Å². The van der Waals surface area contributed by atoms with Crippen molar-refractivity contribution in [1.29, 1.82) is 0 Å². The van der Waals surface area contributed by atoms with Gasteiger partial charge >= 0.3 is 0 Å². The van der Waals surface area contributed by atoms with E-state index >= 15 is 0 Å². The molecule has 1 heterocycles. The molecule has 1 aromatic carbocycles. The van der Waals surface area contributed by atoms with E-state index in [1.54, 1.807) is 6.33 Å². The molecule has 98 valence electrons. The SMILES string of the molecule is CCN(CC)CC(O)c1ccc2c(c1)ncn2C. The first kappa shape index (κ1) is 13.1. The number of fused-ring (bicyclic) bond motifs is 1. The molecule has 0 aliphatic rings. The van der Waals surface area contributed by atoms with E-state index in [0.29, 0.717) is 6.54 Å². The van der Waals surface area contributed by atoms with Gasteiger partial charge in [0.25, 0.3) is 0 Å². The van der Waals surface area contributed by atoms with E-state index in [4.69, 9.17) is 0 Å². The Labute approximate surface area is 108 Å². The van der Waals surface area contributed by atoms with E-state index in [1.807, 2.05) is 29.8 Å². The Morgan fingerprint density at radius 3 is 2.72 bits per heavy atom. The lowest BCUT2D eigenvalue weighted by molar-refractivity contribution is 0.119. The van der Waals surface area contributed by atoms with Crippen molar-refractivity contribution in [2.45, 2.75) is 20.0 Å². The summed E-state index contributed by atoms with van der Waals surface area (Å²) < 4.78 is 1.98. The average molecular weight is 247 g/mol. The molecule has 4 nitrogen and oxygen atoms in total. The Bertz CT molecular complexity index is 517. The van der Waals surface area contributed by atoms with E-state index < -0.39 is 6.10 Å². The largest absolute Gasteiger partial charge is 0.387 e. The van der Waals surface area contributed by atoms with Crippen molar-refractivity contribution in [3.8, 4) is 0 Å². The van der Waals surface area contributed by atoms with Crippen LogP contribution in [0.1, 0.15) is 25.5 Å². The fourth-order valence-corrected chi connectivity index (χ4v) is 2.19. The third-order valence-electron chi connectivity index (χ3n) is 3.46. The molecule has 0 radical (unpaired) electrons. The van der Waals surface area contributed by atoms with Crippen molar-refractivity contribution < 1.29 is 5.11 Å². The number of aryl methyl sites for hydroxylation is 1. The molecule has 1 N–H and O–H groups in total. The molecule has 1 atom stereocenters. The molecule has 0 spiro atoms. The zero-order valence-corrected chi connectivity index (χ0v) is 11.3. The molecular weight excluding hydrogens is 226 g/mol. The summed E-state index contributed by atoms with van der Waals surface area (Å²) in [6, 6.07) is 5.98. The lowest BCUT2D eigenvalue weighted by atomic mass is 10.1. The van der Waals surface area contributed by atoms with Crippen molar-refractivity contribution in [3.05, 3.63) is 30.1 Å². The fourth-order valence-electron chi connectivity index (χ4n) is 2.19. The molecule has 0 aliphatic carbocycles. The number of aromatic nitrogens is 2. The lowest BCUT2D eigenvalue weighted by Crippen LogP contribution is -2.28. The second kappa shape index (κ2) is 5.50. The van der Waals surface area contributed by atoms with Gasteiger partial charge < -0.3 is 14.6 Å². The van der Waals surface area contributed by atoms with Crippen LogP contribution in [0.5, 0.6) is 0 Å². The van der Waals surface area contributed by atoms with E-state index in [0.717, 1.165) is 29.7 Å². The van der Waals surface area contributed by atoms with Crippen LogP contribution in [0.3, 0.4) is 0 Å². The van der Waals surface area contributed by atoms with Crippen molar-refractivity contribution in [2.75, 3.05) is 19.6 Å². The molecule has 18 heavy (non-hydrogen) atoms. The predicted molar refractivity (Wildman–Crippen MR) is 73.5 cm³/mol. The number of rotatable bonds is 5. The quantitative estimate of drug-likeness (QED) is 0.878. The summed E-state index contributed by atoms with van der Waals surface area (Å²) in [7, 11) is 1.97. The highest BCUT2D eigenvalue weighted by Crippen LogP contribution is 2.20. The minimum absolute atomic E-state index is 0.448. The summed E-state index contributed by atoms with van der Waals surface area (Å²) >= 11 is 0. The predicted octanol–water partition coefficient (Wildman–Crippen LogP) is 1.95. The highest BCUT2D eigenvalue weighted by atomic mass is 16.3. The molecular formula is C14H21N3O. The molecule has 0 bridgehead atoms. The van der Waals surface area contributed by atoms with Crippen molar-refractivity contribution in [3.63, 3.8) is 0 Å². The second-order valence-corrected chi connectivity index (χ2v) is 4.61. The Balaban J connectivity index is 2.19. The van der Waals surface area contributed by atoms with Gasteiger partial charge in [0.05, 0.1) is 23.5 Å². The first-order valence-electron chi connectivity index (χ1n) is 6.47. The third kappa shape index (κ3) is 2.54. The Kier molecular flexibility index (Phi) is 3.99. The molecule has 4 heteroatoms. The molecule has 1 aromatic heterocycles. The number of likely N-dealkylation sites (N-methyl/N-ethyl adjacent to an activating group) is 1. The van der Waals surface area contributed by atoms with E-state index in [-0.39, 0.29) is 0 Å². The maximum Gasteiger partial charge on any atom is 0.0955 e. The molecule has 0 amide bonds. The minimum atomic E-state index is -0.448. The van der Waals surface area contributed by atoms with Gasteiger partial charge in [0.1, 0.15) is 0 Å². The van der Waals surface area contributed by atoms with Crippen LogP contribution in [0.25, 0.3) is 11.0 Å². The molecule has 2 aromatic rings. The van der Waals surface area contributed by atoms with Crippen LogP contribution in [-0.4, -0.2) is 39.2 Å². The van der Waals surface area contributed by atoms with Gasteiger partial charge in [-0.3, -0.25) is 0 Å². The van der Waals surface area contributed by atoms with Gasteiger partial charge in [0.2, 0.25) is 0 Å². The fraction of sp³-hybridized carbons (Fsp3) is 0.500. The van der Waals surface area contributed by atoms with Gasteiger partial charge in [-0.05, 0) is 30.8 Å². The summed E-state index contributed by atoms with van der Waals surface area (Å²) in [5.74, 6) is 0. The smallest absolute Gasteiger partial charge is 0.0955 e. The summed E-state index contributed by atoms with van der Waals surface area (Å²) in [6.45, 7) is 6.81. The monoisotopic (exact) mass is 247 g/mol. The number of hydrogen-bond donors (Lipinski definition) is 1. The molecule has 0 fully saturated rings. The first-order valence-corrected chi connectivity index (χ1v) is 6.47. The van der Waals surface area contributed by atoms with Crippen molar-refractivity contribution in [2.24, 2.45) is 7.05 Å². The van der Waals surface area contributed by atoms with Gasteiger partial charge in [-0.15, -0.1) is 0 Å². The number of aliphatic hydroxyl groups is 1. The first-order chi connectivity index (χ1) is 8.65. The van der Waals surface area contributed by atoms with Gasteiger partial charge in [-0.1, -0.05) is 19.9 Å². The van der Waals surface area contributed by atoms with Crippen LogP contribution in [-0.2, 0) is 7.05 Å². The number of hydrogen-bond acceptors (Lipinski definition) is 3.